The van der Waals surface area contributed by atoms with Gasteiger partial charge in [0, 0.05) is 13.5 Å². The summed E-state index contributed by atoms with van der Waals surface area (Å²) in [5, 5.41) is 10.3. The van der Waals surface area contributed by atoms with Gasteiger partial charge >= 0.3 is 5.97 Å². The number of rotatable bonds is 1. The topological polar surface area (TPSA) is 55.8 Å². The normalized spacial score (nSPS) is 39.3. The van der Waals surface area contributed by atoms with E-state index in [0.29, 0.717) is 12.3 Å². The molecule has 1 aliphatic heterocycles. The molecule has 22 heavy (non-hydrogen) atoms. The van der Waals surface area contributed by atoms with E-state index in [2.05, 4.69) is 13.0 Å². The van der Waals surface area contributed by atoms with E-state index in [-0.39, 0.29) is 24.6 Å². The number of esters is 1. The summed E-state index contributed by atoms with van der Waals surface area (Å²) in [5.74, 6) is 0.0492. The van der Waals surface area contributed by atoms with Gasteiger partial charge in [-0.3, -0.25) is 4.79 Å². The van der Waals surface area contributed by atoms with Crippen LogP contribution in [0.2, 0.25) is 0 Å². The van der Waals surface area contributed by atoms with Gasteiger partial charge in [0.2, 0.25) is 0 Å². The van der Waals surface area contributed by atoms with Crippen LogP contribution < -0.4 is 0 Å². The van der Waals surface area contributed by atoms with Gasteiger partial charge in [-0.1, -0.05) is 25.2 Å². The molecule has 0 spiro atoms. The number of hydrogen-bond acceptors (Lipinski definition) is 4. The molecule has 0 aromatic heterocycles. The van der Waals surface area contributed by atoms with Crippen LogP contribution in [0.3, 0.4) is 0 Å². The second kappa shape index (κ2) is 8.49. The molecule has 0 radical (unpaired) electrons. The van der Waals surface area contributed by atoms with Gasteiger partial charge in [-0.25, -0.2) is 0 Å². The highest BCUT2D eigenvalue weighted by Crippen LogP contribution is 2.21. The van der Waals surface area contributed by atoms with Crippen LogP contribution in [0.1, 0.15) is 53.4 Å². The van der Waals surface area contributed by atoms with Crippen LogP contribution in [0, 0.1) is 5.92 Å². The molecule has 0 bridgehead atoms. The van der Waals surface area contributed by atoms with Crippen molar-refractivity contribution in [3.05, 3.63) is 23.8 Å². The van der Waals surface area contributed by atoms with E-state index >= 15 is 0 Å². The molecule has 1 rings (SSSR count). The minimum absolute atomic E-state index is 0.108. The Bertz CT molecular complexity index is 423. The van der Waals surface area contributed by atoms with Crippen molar-refractivity contribution in [3.63, 3.8) is 0 Å². The summed E-state index contributed by atoms with van der Waals surface area (Å²) in [6.07, 6.45) is 7.89. The van der Waals surface area contributed by atoms with Crippen molar-refractivity contribution in [2.75, 3.05) is 7.11 Å². The molecule has 4 atom stereocenters. The molecule has 0 amide bonds. The van der Waals surface area contributed by atoms with Crippen molar-refractivity contribution in [2.45, 2.75) is 71.2 Å². The van der Waals surface area contributed by atoms with Gasteiger partial charge in [-0.15, -0.1) is 0 Å². The zero-order valence-electron chi connectivity index (χ0n) is 14.5. The van der Waals surface area contributed by atoms with Gasteiger partial charge in [0.05, 0.1) is 11.7 Å². The third-order valence-electron chi connectivity index (χ3n) is 4.38. The third-order valence-corrected chi connectivity index (χ3v) is 4.38. The van der Waals surface area contributed by atoms with E-state index in [9.17, 15) is 9.90 Å². The molecule has 4 nitrogen and oxygen atoms in total. The standard InChI is InChI=1S/C18H30O4/c1-13-7-6-8-14(2)16(21-5)9-11-18(4,20)12-10-17(19)22-15(13)3/h8-9,11,13,15-16,20H,6-7,10,12H2,1-5H3/b11-9+,14-8+/t13-,15+,16-,18+/m0/s1/i7+1,12+1,16+1. The van der Waals surface area contributed by atoms with Gasteiger partial charge < -0.3 is 14.6 Å². The molecule has 0 aromatic rings. The zero-order valence-corrected chi connectivity index (χ0v) is 14.5. The quantitative estimate of drug-likeness (QED) is 0.458. The molecular formula is C18H30O4. The molecular weight excluding hydrogens is 283 g/mol. The highest BCUT2D eigenvalue weighted by molar-refractivity contribution is 5.69. The van der Waals surface area contributed by atoms with Crippen molar-refractivity contribution in [1.29, 1.82) is 0 Å². The summed E-state index contributed by atoms with van der Waals surface area (Å²) >= 11 is 0. The Labute approximate surface area is 134 Å². The molecule has 126 valence electrons. The van der Waals surface area contributed by atoms with E-state index in [0.717, 1.165) is 18.4 Å². The van der Waals surface area contributed by atoms with E-state index in [1.165, 1.54) is 0 Å². The lowest BCUT2D eigenvalue weighted by Crippen LogP contribution is -2.27. The smallest absolute Gasteiger partial charge is 0.306 e. The second-order valence-electron chi connectivity index (χ2n) is 6.57. The minimum atomic E-state index is -1.05. The van der Waals surface area contributed by atoms with E-state index < -0.39 is 5.60 Å². The monoisotopic (exact) mass is 313 g/mol. The third kappa shape index (κ3) is 6.32. The summed E-state index contributed by atoms with van der Waals surface area (Å²) in [5.41, 5.74) is 0.0816. The maximum absolute atomic E-state index is 11.9. The highest BCUT2D eigenvalue weighted by Gasteiger charge is 2.22. The summed E-state index contributed by atoms with van der Waals surface area (Å²) in [4.78, 5) is 11.9. The predicted molar refractivity (Wildman–Crippen MR) is 87.5 cm³/mol. The summed E-state index contributed by atoms with van der Waals surface area (Å²) in [6, 6.07) is 0. The predicted octanol–water partition coefficient (Wildman–Crippen LogP) is 3.40. The molecule has 0 unspecified atom stereocenters. The first-order valence-electron chi connectivity index (χ1n) is 8.06. The van der Waals surface area contributed by atoms with Gasteiger partial charge in [-0.2, -0.15) is 0 Å². The Morgan fingerprint density at radius 3 is 2.73 bits per heavy atom. The zero-order chi connectivity index (χ0) is 16.8. The number of aliphatic hydroxyl groups is 1. The van der Waals surface area contributed by atoms with Crippen molar-refractivity contribution >= 4 is 5.97 Å². The van der Waals surface area contributed by atoms with Crippen molar-refractivity contribution in [1.82, 2.24) is 0 Å². The number of hydrogen-bond donors (Lipinski definition) is 1. The fourth-order valence-electron chi connectivity index (χ4n) is 2.46. The van der Waals surface area contributed by atoms with Crippen LogP contribution >= 0.6 is 0 Å². The number of carbonyl (C=O) groups is 1. The molecule has 0 aromatic carbocycles. The fourth-order valence-corrected chi connectivity index (χ4v) is 2.46. The first-order chi connectivity index (χ1) is 10.2. The van der Waals surface area contributed by atoms with Crippen LogP contribution in [0.5, 0.6) is 0 Å². The minimum Gasteiger partial charge on any atom is -0.462 e. The summed E-state index contributed by atoms with van der Waals surface area (Å²) in [6.45, 7) is 7.76. The van der Waals surface area contributed by atoms with E-state index in [1.807, 2.05) is 19.9 Å². The molecule has 1 N–H and O–H groups in total. The van der Waals surface area contributed by atoms with Crippen LogP contribution in [0.15, 0.2) is 23.8 Å². The van der Waals surface area contributed by atoms with Crippen molar-refractivity contribution < 1.29 is 19.4 Å². The number of allylic oxidation sites excluding steroid dienone is 1. The molecule has 4 heteroatoms. The first kappa shape index (κ1) is 18.9. The largest absolute Gasteiger partial charge is 0.462 e. The van der Waals surface area contributed by atoms with E-state index in [1.54, 1.807) is 20.1 Å². The van der Waals surface area contributed by atoms with Crippen LogP contribution in [0.4, 0.5) is 0 Å². The summed E-state index contributed by atoms with van der Waals surface area (Å²) in [7, 11) is 1.66. The molecule has 0 saturated heterocycles. The van der Waals surface area contributed by atoms with Crippen molar-refractivity contribution in [2.24, 2.45) is 5.92 Å². The SMILES string of the molecule is CO[13C@H]1/C=C/[C@@](C)(O)[13CH2]CC(=O)O[C@H](C)[C@@H](C)[13CH2]C/C=C/1C. The molecule has 1 heterocycles. The number of methoxy groups -OCH3 is 1. The maximum atomic E-state index is 11.9. The Morgan fingerprint density at radius 1 is 1.41 bits per heavy atom. The van der Waals surface area contributed by atoms with Gasteiger partial charge in [0.15, 0.2) is 0 Å². The average Bonchev–Trinajstić information content (AvgIpc) is 2.44. The first-order valence-corrected chi connectivity index (χ1v) is 8.06. The molecule has 0 fully saturated rings. The number of cyclic esters (lactones) is 1. The van der Waals surface area contributed by atoms with E-state index in [4.69, 9.17) is 9.47 Å². The lowest BCUT2D eigenvalue weighted by atomic mass is 10.1. The number of ether oxygens (including phenoxy) is 2. The highest BCUT2D eigenvalue weighted by atomic mass is 16.5. The lowest BCUT2D eigenvalue weighted by Gasteiger charge is -2.23. The Balaban J connectivity index is 2.93. The Morgan fingerprint density at radius 2 is 2.09 bits per heavy atom. The Hall–Kier alpha value is -1.13. The number of carbonyl (C=O) groups excluding carboxylic acids is 1. The lowest BCUT2D eigenvalue weighted by molar-refractivity contribution is -0.151. The van der Waals surface area contributed by atoms with Crippen LogP contribution in [-0.2, 0) is 14.3 Å². The molecule has 0 saturated carbocycles. The van der Waals surface area contributed by atoms with Crippen molar-refractivity contribution in [3.8, 4) is 0 Å². The Kier molecular flexibility index (Phi) is 7.30. The van der Waals surface area contributed by atoms with Crippen LogP contribution in [0.25, 0.3) is 0 Å². The maximum Gasteiger partial charge on any atom is 0.306 e. The van der Waals surface area contributed by atoms with Gasteiger partial charge in [-0.05, 0) is 51.5 Å². The summed E-state index contributed by atoms with van der Waals surface area (Å²) < 4.78 is 10.9. The van der Waals surface area contributed by atoms with Gasteiger partial charge in [0.25, 0.3) is 0 Å². The second-order valence-corrected chi connectivity index (χ2v) is 6.57. The fraction of sp³-hybridized carbons (Fsp3) is 0.722. The average molecular weight is 313 g/mol. The molecule has 0 aliphatic carbocycles. The van der Waals surface area contributed by atoms with Gasteiger partial charge in [0.1, 0.15) is 6.10 Å². The molecule has 1 aliphatic rings. The van der Waals surface area contributed by atoms with Crippen LogP contribution in [-0.4, -0.2) is 36.0 Å².